The Morgan fingerprint density at radius 2 is 2.09 bits per heavy atom. The summed E-state index contributed by atoms with van der Waals surface area (Å²) in [5.74, 6) is -0.0616. The monoisotopic (exact) mass is 345 g/mol. The van der Waals surface area contributed by atoms with E-state index in [1.165, 1.54) is 23.1 Å². The number of hydrogen-bond acceptors (Lipinski definition) is 6. The molecule has 1 N–H and O–H groups in total. The van der Waals surface area contributed by atoms with Gasteiger partial charge in [0.1, 0.15) is 11.0 Å². The van der Waals surface area contributed by atoms with Crippen molar-refractivity contribution in [1.29, 1.82) is 0 Å². The molecule has 1 unspecified atom stereocenters. The highest BCUT2D eigenvalue weighted by molar-refractivity contribution is 8.02. The Labute approximate surface area is 142 Å². The van der Waals surface area contributed by atoms with Gasteiger partial charge in [0.2, 0.25) is 0 Å². The first-order valence-corrected chi connectivity index (χ1v) is 8.85. The quantitative estimate of drug-likeness (QED) is 0.549. The maximum Gasteiger partial charge on any atom is 0.324 e. The molecule has 1 heterocycles. The Morgan fingerprint density at radius 3 is 2.83 bits per heavy atom. The summed E-state index contributed by atoms with van der Waals surface area (Å²) in [5.41, 5.74) is 1.70. The Kier molecular flexibility index (Phi) is 4.83. The number of carbonyl (C=O) groups is 1. The summed E-state index contributed by atoms with van der Waals surface area (Å²) in [5, 5.41) is 9.10. The number of hydrogen-bond donors (Lipinski definition) is 1. The van der Waals surface area contributed by atoms with E-state index in [2.05, 4.69) is 4.98 Å². The first-order valence-electron chi connectivity index (χ1n) is 7.15. The van der Waals surface area contributed by atoms with Crippen LogP contribution in [0.25, 0.3) is 10.2 Å². The number of ether oxygens (including phenoxy) is 1. The summed E-state index contributed by atoms with van der Waals surface area (Å²) < 4.78 is 6.86. The fourth-order valence-corrected chi connectivity index (χ4v) is 4.43. The molecule has 3 rings (SSSR count). The maximum absolute atomic E-state index is 12.3. The predicted molar refractivity (Wildman–Crippen MR) is 93.0 cm³/mol. The number of carbonyl (C=O) groups excluding carboxylic acids is 1. The zero-order valence-electron chi connectivity index (χ0n) is 12.4. The minimum Gasteiger partial charge on any atom is -0.508 e. The van der Waals surface area contributed by atoms with E-state index in [-0.39, 0.29) is 11.7 Å². The topological polar surface area (TPSA) is 59.4 Å². The average Bonchev–Trinajstić information content (AvgIpc) is 2.95. The Morgan fingerprint density at radius 1 is 1.30 bits per heavy atom. The number of phenols is 1. The molecule has 0 saturated carbocycles. The van der Waals surface area contributed by atoms with Crippen LogP contribution < -0.4 is 0 Å². The fraction of sp³-hybridized carbons (Fsp3) is 0.176. The second kappa shape index (κ2) is 7.02. The lowest BCUT2D eigenvalue weighted by molar-refractivity contribution is -0.142. The first-order chi connectivity index (χ1) is 11.2. The lowest BCUT2D eigenvalue weighted by atomic mass is 10.1. The van der Waals surface area contributed by atoms with Crippen LogP contribution in [0.15, 0.2) is 52.9 Å². The summed E-state index contributed by atoms with van der Waals surface area (Å²) in [6.45, 7) is 2.14. The van der Waals surface area contributed by atoms with Gasteiger partial charge in [0.05, 0.1) is 16.8 Å². The molecule has 0 aliphatic carbocycles. The number of esters is 1. The van der Waals surface area contributed by atoms with Gasteiger partial charge < -0.3 is 9.84 Å². The van der Waals surface area contributed by atoms with E-state index in [9.17, 15) is 9.90 Å². The number of thiazole rings is 1. The number of rotatable bonds is 5. The third-order valence-corrected chi connectivity index (χ3v) is 5.52. The van der Waals surface area contributed by atoms with Crippen molar-refractivity contribution in [2.24, 2.45) is 0 Å². The van der Waals surface area contributed by atoms with Gasteiger partial charge in [-0.05, 0) is 30.7 Å². The molecule has 6 heteroatoms. The molecule has 0 saturated heterocycles. The van der Waals surface area contributed by atoms with Gasteiger partial charge in [0, 0.05) is 0 Å². The van der Waals surface area contributed by atoms with Crippen molar-refractivity contribution in [3.8, 4) is 5.75 Å². The van der Waals surface area contributed by atoms with Crippen molar-refractivity contribution in [3.63, 3.8) is 0 Å². The van der Waals surface area contributed by atoms with Crippen LogP contribution in [0.1, 0.15) is 17.7 Å². The van der Waals surface area contributed by atoms with Crippen LogP contribution in [0.3, 0.4) is 0 Å². The molecule has 1 atom stereocenters. The van der Waals surface area contributed by atoms with Crippen LogP contribution in [-0.4, -0.2) is 22.7 Å². The molecule has 0 bridgehead atoms. The molecule has 2 aromatic carbocycles. The van der Waals surface area contributed by atoms with Crippen molar-refractivity contribution in [2.45, 2.75) is 16.5 Å². The number of thioether (sulfide) groups is 1. The van der Waals surface area contributed by atoms with Gasteiger partial charge >= 0.3 is 5.97 Å². The predicted octanol–water partition coefficient (Wildman–Crippen LogP) is 4.40. The van der Waals surface area contributed by atoms with E-state index in [0.717, 1.165) is 20.1 Å². The van der Waals surface area contributed by atoms with Crippen LogP contribution in [-0.2, 0) is 9.53 Å². The molecule has 1 aromatic heterocycles. The largest absolute Gasteiger partial charge is 0.508 e. The van der Waals surface area contributed by atoms with E-state index in [4.69, 9.17) is 4.74 Å². The Bertz CT molecular complexity index is 817. The van der Waals surface area contributed by atoms with Crippen molar-refractivity contribution in [2.75, 3.05) is 6.61 Å². The van der Waals surface area contributed by atoms with Gasteiger partial charge in [0.25, 0.3) is 0 Å². The van der Waals surface area contributed by atoms with Gasteiger partial charge in [0.15, 0.2) is 4.34 Å². The van der Waals surface area contributed by atoms with Gasteiger partial charge in [-0.2, -0.15) is 0 Å². The van der Waals surface area contributed by atoms with Crippen molar-refractivity contribution in [1.82, 2.24) is 4.98 Å². The third-order valence-electron chi connectivity index (χ3n) is 3.17. The van der Waals surface area contributed by atoms with E-state index in [1.54, 1.807) is 25.1 Å². The number of aromatic nitrogens is 1. The number of aromatic hydroxyl groups is 1. The molecule has 23 heavy (non-hydrogen) atoms. The van der Waals surface area contributed by atoms with E-state index < -0.39 is 5.25 Å². The smallest absolute Gasteiger partial charge is 0.324 e. The van der Waals surface area contributed by atoms with Crippen LogP contribution >= 0.6 is 23.1 Å². The van der Waals surface area contributed by atoms with E-state index in [1.807, 2.05) is 30.3 Å². The molecule has 0 aliphatic rings. The molecule has 0 amide bonds. The summed E-state index contributed by atoms with van der Waals surface area (Å²) >= 11 is 2.83. The van der Waals surface area contributed by atoms with Crippen LogP contribution in [0.2, 0.25) is 0 Å². The summed E-state index contributed by atoms with van der Waals surface area (Å²) in [7, 11) is 0. The molecule has 3 aromatic rings. The summed E-state index contributed by atoms with van der Waals surface area (Å²) in [6.07, 6.45) is 0. The highest BCUT2D eigenvalue weighted by Gasteiger charge is 2.24. The van der Waals surface area contributed by atoms with Crippen molar-refractivity contribution in [3.05, 3.63) is 54.1 Å². The Balaban J connectivity index is 1.91. The number of fused-ring (bicyclic) bond motifs is 1. The van der Waals surface area contributed by atoms with Crippen LogP contribution in [0.4, 0.5) is 0 Å². The number of phenolic OH excluding ortho intramolecular Hbond substituents is 1. The van der Waals surface area contributed by atoms with Crippen molar-refractivity contribution >= 4 is 39.3 Å². The first kappa shape index (κ1) is 15.8. The van der Waals surface area contributed by atoms with Gasteiger partial charge in [-0.25, -0.2) is 4.98 Å². The van der Waals surface area contributed by atoms with Crippen molar-refractivity contribution < 1.29 is 14.6 Å². The van der Waals surface area contributed by atoms with Gasteiger partial charge in [-0.1, -0.05) is 42.1 Å². The number of benzene rings is 2. The lowest BCUT2D eigenvalue weighted by Gasteiger charge is -2.13. The molecule has 0 radical (unpaired) electrons. The summed E-state index contributed by atoms with van der Waals surface area (Å²) in [4.78, 5) is 16.8. The molecule has 0 aliphatic heterocycles. The lowest BCUT2D eigenvalue weighted by Crippen LogP contribution is -2.13. The fourth-order valence-electron chi connectivity index (χ4n) is 2.14. The van der Waals surface area contributed by atoms with Gasteiger partial charge in [-0.3, -0.25) is 4.79 Å². The third kappa shape index (κ3) is 3.65. The Hall–Kier alpha value is -2.05. The van der Waals surface area contributed by atoms with Crippen LogP contribution in [0.5, 0.6) is 5.75 Å². The molecule has 118 valence electrons. The molecule has 4 nitrogen and oxygen atoms in total. The minimum absolute atomic E-state index is 0.211. The van der Waals surface area contributed by atoms with E-state index in [0.29, 0.717) is 6.61 Å². The highest BCUT2D eigenvalue weighted by Crippen LogP contribution is 2.40. The zero-order valence-corrected chi connectivity index (χ0v) is 14.1. The van der Waals surface area contributed by atoms with Gasteiger partial charge in [-0.15, -0.1) is 11.3 Å². The SMILES string of the molecule is CCOC(=O)C(Sc1nc2ccc(O)cc2s1)c1ccccc1. The van der Waals surface area contributed by atoms with Crippen LogP contribution in [0, 0.1) is 0 Å². The molecule has 0 fully saturated rings. The minimum atomic E-state index is -0.453. The second-order valence-corrected chi connectivity index (χ2v) is 7.18. The number of nitrogens with zero attached hydrogens (tertiary/aromatic N) is 1. The molecule has 0 spiro atoms. The summed E-state index contributed by atoms with van der Waals surface area (Å²) in [6, 6.07) is 14.6. The second-order valence-electron chi connectivity index (χ2n) is 4.79. The standard InChI is InChI=1S/C17H15NO3S2/c1-2-21-16(20)15(11-6-4-3-5-7-11)23-17-18-13-9-8-12(19)10-14(13)22-17/h3-10,15,19H,2H2,1H3. The molecular weight excluding hydrogens is 330 g/mol. The average molecular weight is 345 g/mol. The maximum atomic E-state index is 12.3. The zero-order chi connectivity index (χ0) is 16.2. The normalized spacial score (nSPS) is 12.2. The molecular formula is C17H15NO3S2. The highest BCUT2D eigenvalue weighted by atomic mass is 32.2. The van der Waals surface area contributed by atoms with E-state index >= 15 is 0 Å².